The number of hydrogen-bond donors (Lipinski definition) is 2. The average Bonchev–Trinajstić information content (AvgIpc) is 3.75. The summed E-state index contributed by atoms with van der Waals surface area (Å²) in [5.41, 5.74) is 3.33. The van der Waals surface area contributed by atoms with E-state index in [9.17, 15) is 19.5 Å². The van der Waals surface area contributed by atoms with Crippen LogP contribution in [0.1, 0.15) is 40.5 Å². The molecular weight excluding hydrogens is 675 g/mol. The minimum atomic E-state index is -2.85. The third kappa shape index (κ3) is 5.62. The third-order valence-corrected chi connectivity index (χ3v) is 13.1. The van der Waals surface area contributed by atoms with Gasteiger partial charge in [0.25, 0.3) is 11.8 Å². The molecule has 8 rings (SSSR count). The Morgan fingerprint density at radius 2 is 1.63 bits per heavy atom. The van der Waals surface area contributed by atoms with Crippen LogP contribution in [0.3, 0.4) is 0 Å². The second-order valence-electron chi connectivity index (χ2n) is 14.4. The summed E-state index contributed by atoms with van der Waals surface area (Å²) in [6, 6.07) is 30.2. The number of benzene rings is 4. The molecular formula is C40H41N5O6Si. The van der Waals surface area contributed by atoms with Crippen LogP contribution >= 0.6 is 0 Å². The van der Waals surface area contributed by atoms with Crippen LogP contribution in [-0.2, 0) is 34.6 Å². The molecule has 1 fully saturated rings. The molecule has 266 valence electrons. The van der Waals surface area contributed by atoms with Crippen LogP contribution in [0.2, 0.25) is 18.6 Å². The van der Waals surface area contributed by atoms with Crippen molar-refractivity contribution >= 4 is 37.2 Å². The van der Waals surface area contributed by atoms with Gasteiger partial charge in [0, 0.05) is 48.5 Å². The number of nitrogens with zero attached hydrogens (tertiary/aromatic N) is 5. The van der Waals surface area contributed by atoms with Crippen molar-refractivity contribution in [3.8, 4) is 11.5 Å². The summed E-state index contributed by atoms with van der Waals surface area (Å²) in [7, 11) is -2.85. The van der Waals surface area contributed by atoms with E-state index >= 15 is 0 Å². The van der Waals surface area contributed by atoms with Crippen molar-refractivity contribution in [3.05, 3.63) is 126 Å². The predicted molar refractivity (Wildman–Crippen MR) is 198 cm³/mol. The van der Waals surface area contributed by atoms with Gasteiger partial charge in [0.15, 0.2) is 19.7 Å². The van der Waals surface area contributed by atoms with E-state index in [1.807, 2.05) is 111 Å². The summed E-state index contributed by atoms with van der Waals surface area (Å²) < 4.78 is 14.9. The zero-order valence-electron chi connectivity index (χ0n) is 29.3. The number of aliphatic hydroxyl groups is 1. The SMILES string of the molecule is C[C@H]1[C@H]([Si](C)(C)O)[C@@H](CCn2cc(CCO)nn2)O[C@]12C(=O)N(Cc1cccc(N3C(=O)c4ccccc4Oc4ccccc43)c1)c1ccccc12. The van der Waals surface area contributed by atoms with Crippen molar-refractivity contribution in [2.75, 3.05) is 16.4 Å². The standard InChI is InChI=1S/C40H41N5O6Si/c1-26-37(52(2,3)49)36(19-21-43-25-28(20-22-46)41-42-43)51-40(26)31-14-5-6-15-32(31)44(39(40)48)24-27-11-10-12-29(23-27)45-33-16-7-9-18-35(33)50-34-17-8-4-13-30(34)38(45)47/h4-18,23,25-26,36-37,46,49H,19-22,24H2,1-3H3/t26-,36+,37-,40+/m0/s1. The van der Waals surface area contributed by atoms with Crippen LogP contribution < -0.4 is 14.5 Å². The fourth-order valence-electron chi connectivity index (χ4n) is 8.44. The van der Waals surface area contributed by atoms with E-state index in [0.717, 1.165) is 16.8 Å². The van der Waals surface area contributed by atoms with E-state index in [1.165, 1.54) is 0 Å². The number of carbonyl (C=O) groups excluding carboxylic acids is 2. The number of aliphatic hydroxyl groups excluding tert-OH is 1. The molecule has 5 aromatic rings. The summed E-state index contributed by atoms with van der Waals surface area (Å²) in [6.07, 6.45) is 2.38. The Morgan fingerprint density at radius 1 is 0.904 bits per heavy atom. The van der Waals surface area contributed by atoms with E-state index in [-0.39, 0.29) is 36.4 Å². The molecule has 3 aliphatic rings. The largest absolute Gasteiger partial charge is 0.454 e. The molecule has 52 heavy (non-hydrogen) atoms. The summed E-state index contributed by atoms with van der Waals surface area (Å²) in [6.45, 7) is 6.60. The molecule has 4 heterocycles. The molecule has 2 N–H and O–H groups in total. The number of para-hydroxylation sites is 4. The van der Waals surface area contributed by atoms with Gasteiger partial charge in [-0.25, -0.2) is 0 Å². The Balaban J connectivity index is 1.12. The van der Waals surface area contributed by atoms with Gasteiger partial charge in [0.1, 0.15) is 5.75 Å². The molecule has 0 bridgehead atoms. The molecule has 0 unspecified atom stereocenters. The Bertz CT molecular complexity index is 2170. The first-order valence-electron chi connectivity index (χ1n) is 17.7. The number of hydrogen-bond acceptors (Lipinski definition) is 8. The van der Waals surface area contributed by atoms with E-state index < -0.39 is 20.0 Å². The summed E-state index contributed by atoms with van der Waals surface area (Å²) in [5, 5.41) is 17.7. The maximum Gasteiger partial charge on any atom is 0.266 e. The molecule has 0 radical (unpaired) electrons. The molecule has 1 spiro atoms. The number of carbonyl (C=O) groups is 2. The Labute approximate surface area is 303 Å². The first-order valence-corrected chi connectivity index (χ1v) is 20.7. The lowest BCUT2D eigenvalue weighted by Gasteiger charge is -2.32. The van der Waals surface area contributed by atoms with Crippen LogP contribution in [-0.4, -0.2) is 57.7 Å². The van der Waals surface area contributed by atoms with Gasteiger partial charge in [0.05, 0.1) is 35.3 Å². The second kappa shape index (κ2) is 13.1. The summed E-state index contributed by atoms with van der Waals surface area (Å²) in [4.78, 5) is 44.2. The van der Waals surface area contributed by atoms with E-state index in [1.54, 1.807) is 26.6 Å². The number of rotatable bonds is 9. The Kier molecular flexibility index (Phi) is 8.57. The maximum atomic E-state index is 15.0. The zero-order chi connectivity index (χ0) is 36.2. The van der Waals surface area contributed by atoms with Gasteiger partial charge in [0.2, 0.25) is 0 Å². The lowest BCUT2D eigenvalue weighted by Crippen LogP contribution is -2.46. The topological polar surface area (TPSA) is 130 Å². The monoisotopic (exact) mass is 715 g/mol. The molecule has 4 aromatic carbocycles. The van der Waals surface area contributed by atoms with Crippen LogP contribution in [0.15, 0.2) is 103 Å². The molecule has 0 saturated carbocycles. The smallest absolute Gasteiger partial charge is 0.266 e. The van der Waals surface area contributed by atoms with Crippen molar-refractivity contribution in [1.82, 2.24) is 15.0 Å². The number of aryl methyl sites for hydroxylation is 1. The predicted octanol–water partition coefficient (Wildman–Crippen LogP) is 6.33. The first-order chi connectivity index (χ1) is 25.1. The van der Waals surface area contributed by atoms with E-state index in [0.29, 0.717) is 53.5 Å². The van der Waals surface area contributed by atoms with Crippen molar-refractivity contribution in [2.45, 2.75) is 63.2 Å². The second-order valence-corrected chi connectivity index (χ2v) is 18.4. The fourth-order valence-corrected chi connectivity index (χ4v) is 11.0. The summed E-state index contributed by atoms with van der Waals surface area (Å²) in [5.74, 6) is 0.379. The van der Waals surface area contributed by atoms with Crippen molar-refractivity contribution in [1.29, 1.82) is 0 Å². The van der Waals surface area contributed by atoms with Gasteiger partial charge >= 0.3 is 0 Å². The molecule has 12 heteroatoms. The van der Waals surface area contributed by atoms with Gasteiger partial charge in [-0.15, -0.1) is 5.10 Å². The van der Waals surface area contributed by atoms with E-state index in [4.69, 9.17) is 9.47 Å². The maximum absolute atomic E-state index is 15.0. The molecule has 3 aliphatic heterocycles. The Hall–Kier alpha value is -5.14. The fraction of sp³-hybridized carbons (Fsp3) is 0.300. The number of fused-ring (bicyclic) bond motifs is 4. The lowest BCUT2D eigenvalue weighted by molar-refractivity contribution is -0.146. The molecule has 4 atom stereocenters. The van der Waals surface area contributed by atoms with Gasteiger partial charge in [-0.05, 0) is 67.5 Å². The molecule has 1 aromatic heterocycles. The average molecular weight is 716 g/mol. The minimum absolute atomic E-state index is 0.00696. The third-order valence-electron chi connectivity index (χ3n) is 10.6. The van der Waals surface area contributed by atoms with Crippen LogP contribution in [0, 0.1) is 5.92 Å². The normalized spacial score (nSPS) is 22.3. The molecule has 11 nitrogen and oxygen atoms in total. The lowest BCUT2D eigenvalue weighted by atomic mass is 9.82. The molecule has 2 amide bonds. The quantitative estimate of drug-likeness (QED) is 0.169. The highest BCUT2D eigenvalue weighted by atomic mass is 28.4. The van der Waals surface area contributed by atoms with Crippen LogP contribution in [0.25, 0.3) is 0 Å². The van der Waals surface area contributed by atoms with Crippen molar-refractivity contribution in [3.63, 3.8) is 0 Å². The van der Waals surface area contributed by atoms with Crippen molar-refractivity contribution in [2.24, 2.45) is 5.92 Å². The van der Waals surface area contributed by atoms with Gasteiger partial charge in [-0.3, -0.25) is 19.2 Å². The first kappa shape index (κ1) is 34.0. The van der Waals surface area contributed by atoms with Crippen molar-refractivity contribution < 1.29 is 29.0 Å². The highest BCUT2D eigenvalue weighted by Crippen LogP contribution is 2.59. The highest BCUT2D eigenvalue weighted by Gasteiger charge is 2.66. The number of amides is 2. The number of anilines is 3. The van der Waals surface area contributed by atoms with Gasteiger partial charge in [-0.2, -0.15) is 0 Å². The number of ether oxygens (including phenoxy) is 2. The van der Waals surface area contributed by atoms with Gasteiger partial charge in [-0.1, -0.05) is 66.7 Å². The van der Waals surface area contributed by atoms with Gasteiger partial charge < -0.3 is 24.3 Å². The molecule has 1 saturated heterocycles. The van der Waals surface area contributed by atoms with Crippen LogP contribution in [0.4, 0.5) is 17.1 Å². The Morgan fingerprint density at radius 3 is 2.42 bits per heavy atom. The highest BCUT2D eigenvalue weighted by molar-refractivity contribution is 6.71. The zero-order valence-corrected chi connectivity index (χ0v) is 30.3. The summed E-state index contributed by atoms with van der Waals surface area (Å²) >= 11 is 0. The number of aromatic nitrogens is 3. The molecule has 0 aliphatic carbocycles. The van der Waals surface area contributed by atoms with Crippen LogP contribution in [0.5, 0.6) is 11.5 Å². The van der Waals surface area contributed by atoms with E-state index in [2.05, 4.69) is 10.3 Å². The minimum Gasteiger partial charge on any atom is -0.454 e.